The average Bonchev–Trinajstić information content (AvgIpc) is 3.22. The molecule has 0 bridgehead atoms. The molecule has 31 heavy (non-hydrogen) atoms. The summed E-state index contributed by atoms with van der Waals surface area (Å²) in [5.74, 6) is -0.374. The van der Waals surface area contributed by atoms with Crippen molar-refractivity contribution in [2.45, 2.75) is 46.1 Å². The monoisotopic (exact) mass is 417 g/mol. The first kappa shape index (κ1) is 20.8. The van der Waals surface area contributed by atoms with E-state index in [4.69, 9.17) is 0 Å². The molecular weight excluding hydrogens is 390 g/mol. The standard InChI is InChI=1S/C25H27N3O3/c1-17-13-16-28(21-11-5-9-19-8-4-10-20(19)21)25(31)23(17)24(30)26-14-6-15-27-18(2)7-3-12-22(27)29/h3,5,7,9,11-13,16H,4,6,8,10,14-15H2,1-2H3,(H,26,30). The first-order valence-corrected chi connectivity index (χ1v) is 10.8. The van der Waals surface area contributed by atoms with Crippen molar-refractivity contribution >= 4 is 5.91 Å². The Bertz CT molecular complexity index is 1250. The second-order valence-corrected chi connectivity index (χ2v) is 8.08. The van der Waals surface area contributed by atoms with Crippen molar-refractivity contribution in [3.05, 3.63) is 97.3 Å². The van der Waals surface area contributed by atoms with E-state index in [0.29, 0.717) is 25.1 Å². The summed E-state index contributed by atoms with van der Waals surface area (Å²) in [6.45, 7) is 4.56. The molecule has 1 N–H and O–H groups in total. The van der Waals surface area contributed by atoms with E-state index in [2.05, 4.69) is 11.4 Å². The van der Waals surface area contributed by atoms with E-state index in [-0.39, 0.29) is 22.6 Å². The van der Waals surface area contributed by atoms with E-state index in [1.165, 1.54) is 17.2 Å². The molecule has 0 radical (unpaired) electrons. The molecule has 0 unspecified atom stereocenters. The Labute approximate surface area is 181 Å². The number of nitrogens with zero attached hydrogens (tertiary/aromatic N) is 2. The maximum Gasteiger partial charge on any atom is 0.268 e. The van der Waals surface area contributed by atoms with Gasteiger partial charge in [0, 0.05) is 31.0 Å². The minimum atomic E-state index is -0.374. The van der Waals surface area contributed by atoms with Gasteiger partial charge in [-0.15, -0.1) is 0 Å². The van der Waals surface area contributed by atoms with Gasteiger partial charge in [-0.1, -0.05) is 18.2 Å². The molecule has 0 aliphatic heterocycles. The third-order valence-electron chi connectivity index (χ3n) is 6.02. The van der Waals surface area contributed by atoms with Crippen LogP contribution >= 0.6 is 0 Å². The van der Waals surface area contributed by atoms with Crippen molar-refractivity contribution in [1.82, 2.24) is 14.5 Å². The second kappa shape index (κ2) is 8.76. The Morgan fingerprint density at radius 2 is 1.84 bits per heavy atom. The van der Waals surface area contributed by atoms with Crippen LogP contribution in [0.1, 0.15) is 45.6 Å². The SMILES string of the molecule is Cc1ccn(-c2cccc3c2CCC3)c(=O)c1C(=O)NCCCn1c(C)cccc1=O. The highest BCUT2D eigenvalue weighted by atomic mass is 16.2. The topological polar surface area (TPSA) is 73.1 Å². The molecule has 4 rings (SSSR count). The molecule has 2 aromatic heterocycles. The summed E-state index contributed by atoms with van der Waals surface area (Å²) in [6.07, 6.45) is 5.42. The first-order valence-electron chi connectivity index (χ1n) is 10.8. The van der Waals surface area contributed by atoms with E-state index in [9.17, 15) is 14.4 Å². The average molecular weight is 418 g/mol. The maximum atomic E-state index is 13.2. The number of rotatable bonds is 6. The summed E-state index contributed by atoms with van der Waals surface area (Å²) in [6, 6.07) is 13.0. The fourth-order valence-corrected chi connectivity index (χ4v) is 4.36. The predicted octanol–water partition coefficient (Wildman–Crippen LogP) is 2.92. The number of fused-ring (bicyclic) bond motifs is 1. The molecule has 1 amide bonds. The first-order chi connectivity index (χ1) is 15.0. The van der Waals surface area contributed by atoms with Crippen LogP contribution in [0.4, 0.5) is 0 Å². The highest BCUT2D eigenvalue weighted by molar-refractivity contribution is 5.95. The van der Waals surface area contributed by atoms with Crippen LogP contribution in [0.3, 0.4) is 0 Å². The Hall–Kier alpha value is -3.41. The van der Waals surface area contributed by atoms with Crippen LogP contribution in [0.5, 0.6) is 0 Å². The van der Waals surface area contributed by atoms with Gasteiger partial charge in [0.15, 0.2) is 0 Å². The number of hydrogen-bond donors (Lipinski definition) is 1. The van der Waals surface area contributed by atoms with Crippen molar-refractivity contribution in [2.24, 2.45) is 0 Å². The zero-order valence-electron chi connectivity index (χ0n) is 18.0. The molecule has 0 saturated heterocycles. The van der Waals surface area contributed by atoms with Crippen LogP contribution < -0.4 is 16.4 Å². The highest BCUT2D eigenvalue weighted by Crippen LogP contribution is 2.27. The lowest BCUT2D eigenvalue weighted by molar-refractivity contribution is 0.0950. The molecule has 6 heteroatoms. The van der Waals surface area contributed by atoms with Gasteiger partial charge < -0.3 is 9.88 Å². The van der Waals surface area contributed by atoms with Crippen LogP contribution in [0.25, 0.3) is 5.69 Å². The number of carbonyl (C=O) groups is 1. The zero-order valence-corrected chi connectivity index (χ0v) is 18.0. The van der Waals surface area contributed by atoms with Gasteiger partial charge in [0.2, 0.25) is 0 Å². The molecule has 1 aliphatic rings. The van der Waals surface area contributed by atoms with E-state index in [1.807, 2.05) is 31.2 Å². The molecule has 0 spiro atoms. The third kappa shape index (κ3) is 4.10. The van der Waals surface area contributed by atoms with Gasteiger partial charge in [0.25, 0.3) is 17.0 Å². The lowest BCUT2D eigenvalue weighted by Crippen LogP contribution is -2.34. The number of benzene rings is 1. The smallest absolute Gasteiger partial charge is 0.268 e. The highest BCUT2D eigenvalue weighted by Gasteiger charge is 2.20. The molecule has 3 aromatic rings. The third-order valence-corrected chi connectivity index (χ3v) is 6.02. The lowest BCUT2D eigenvalue weighted by atomic mass is 10.1. The molecule has 0 saturated carbocycles. The van der Waals surface area contributed by atoms with Gasteiger partial charge in [-0.25, -0.2) is 0 Å². The van der Waals surface area contributed by atoms with Gasteiger partial charge in [-0.3, -0.25) is 19.0 Å². The second-order valence-electron chi connectivity index (χ2n) is 8.08. The van der Waals surface area contributed by atoms with E-state index in [1.54, 1.807) is 28.3 Å². The molecule has 160 valence electrons. The van der Waals surface area contributed by atoms with Crippen LogP contribution in [0.2, 0.25) is 0 Å². The van der Waals surface area contributed by atoms with E-state index >= 15 is 0 Å². The van der Waals surface area contributed by atoms with Crippen LogP contribution in [-0.2, 0) is 19.4 Å². The quantitative estimate of drug-likeness (QED) is 0.627. The summed E-state index contributed by atoms with van der Waals surface area (Å²) < 4.78 is 3.28. The minimum absolute atomic E-state index is 0.0523. The van der Waals surface area contributed by atoms with Crippen molar-refractivity contribution in [3.8, 4) is 5.69 Å². The number of aromatic nitrogens is 2. The molecule has 0 fully saturated rings. The van der Waals surface area contributed by atoms with E-state index in [0.717, 1.165) is 30.6 Å². The Balaban J connectivity index is 1.51. The largest absolute Gasteiger partial charge is 0.352 e. The Morgan fingerprint density at radius 1 is 1.03 bits per heavy atom. The van der Waals surface area contributed by atoms with Gasteiger partial charge >= 0.3 is 0 Å². The van der Waals surface area contributed by atoms with Crippen molar-refractivity contribution in [3.63, 3.8) is 0 Å². The molecule has 0 atom stereocenters. The maximum absolute atomic E-state index is 13.2. The van der Waals surface area contributed by atoms with E-state index < -0.39 is 0 Å². The summed E-state index contributed by atoms with van der Waals surface area (Å²) in [7, 11) is 0. The number of aryl methyl sites for hydroxylation is 3. The zero-order chi connectivity index (χ0) is 22.0. The van der Waals surface area contributed by atoms with Gasteiger partial charge in [-0.2, -0.15) is 0 Å². The number of hydrogen-bond acceptors (Lipinski definition) is 3. The Morgan fingerprint density at radius 3 is 2.65 bits per heavy atom. The van der Waals surface area contributed by atoms with Crippen molar-refractivity contribution in [1.29, 1.82) is 0 Å². The number of amides is 1. The predicted molar refractivity (Wildman–Crippen MR) is 121 cm³/mol. The molecule has 1 aromatic carbocycles. The van der Waals surface area contributed by atoms with Crippen LogP contribution in [0, 0.1) is 13.8 Å². The fraction of sp³-hybridized carbons (Fsp3) is 0.320. The number of nitrogens with one attached hydrogen (secondary N) is 1. The van der Waals surface area contributed by atoms with Crippen molar-refractivity contribution in [2.75, 3.05) is 6.54 Å². The van der Waals surface area contributed by atoms with Gasteiger partial charge in [0.05, 0.1) is 5.69 Å². The van der Waals surface area contributed by atoms with Gasteiger partial charge in [-0.05, 0) is 74.4 Å². The number of carbonyl (C=O) groups excluding carboxylic acids is 1. The molecule has 6 nitrogen and oxygen atoms in total. The van der Waals surface area contributed by atoms with Gasteiger partial charge in [0.1, 0.15) is 5.56 Å². The molecule has 1 aliphatic carbocycles. The lowest BCUT2D eigenvalue weighted by Gasteiger charge is -2.14. The summed E-state index contributed by atoms with van der Waals surface area (Å²) in [5.41, 5.74) is 4.71. The Kier molecular flexibility index (Phi) is 5.89. The fourth-order valence-electron chi connectivity index (χ4n) is 4.36. The van der Waals surface area contributed by atoms with Crippen LogP contribution in [-0.4, -0.2) is 21.6 Å². The minimum Gasteiger partial charge on any atom is -0.352 e. The normalized spacial score (nSPS) is 12.6. The molecular formula is C25H27N3O3. The van der Waals surface area contributed by atoms with Crippen molar-refractivity contribution < 1.29 is 4.79 Å². The summed E-state index contributed by atoms with van der Waals surface area (Å²) in [4.78, 5) is 38.1. The summed E-state index contributed by atoms with van der Waals surface area (Å²) >= 11 is 0. The number of pyridine rings is 2. The summed E-state index contributed by atoms with van der Waals surface area (Å²) in [5, 5.41) is 2.85. The molecule has 2 heterocycles. The van der Waals surface area contributed by atoms with Crippen LogP contribution in [0.15, 0.2) is 58.3 Å².